The number of terminal acetylenes is 1. The lowest BCUT2D eigenvalue weighted by Gasteiger charge is -1.55. The summed E-state index contributed by atoms with van der Waals surface area (Å²) < 4.78 is 0. The third-order valence-electron chi connectivity index (χ3n) is 0.186. The molecule has 2 heteroatoms. The van der Waals surface area contributed by atoms with Gasteiger partial charge in [-0.25, -0.2) is 0 Å². The summed E-state index contributed by atoms with van der Waals surface area (Å²) in [5, 5.41) is 1.56. The smallest absolute Gasteiger partial charge is 0.0642 e. The van der Waals surface area contributed by atoms with Crippen LogP contribution in [-0.2, 0) is 0 Å². The van der Waals surface area contributed by atoms with Gasteiger partial charge in [0.05, 0.1) is 5.33 Å². The van der Waals surface area contributed by atoms with Crippen LogP contribution < -0.4 is 0 Å². The Morgan fingerprint density at radius 1 is 1.62 bits per heavy atom. The van der Waals surface area contributed by atoms with Gasteiger partial charge in [0.25, 0.3) is 0 Å². The summed E-state index contributed by atoms with van der Waals surface area (Å²) in [6, 6.07) is 0. The third kappa shape index (κ3) is 33.9. The summed E-state index contributed by atoms with van der Waals surface area (Å²) in [6.45, 7) is 3.43. The van der Waals surface area contributed by atoms with Gasteiger partial charge in [-0.1, -0.05) is 43.9 Å². The first-order valence-electron chi connectivity index (χ1n) is 1.99. The number of allylic oxidation sites excluding steroid dienone is 1. The zero-order valence-corrected chi connectivity index (χ0v) is 7.70. The van der Waals surface area contributed by atoms with Crippen LogP contribution in [0.3, 0.4) is 0 Å². The second-order valence-corrected chi connectivity index (χ2v) is 1.99. The molecule has 0 rings (SSSR count). The van der Waals surface area contributed by atoms with Crippen molar-refractivity contribution in [1.29, 1.82) is 0 Å². The van der Waals surface area contributed by atoms with E-state index < -0.39 is 0 Å². The van der Waals surface area contributed by atoms with Gasteiger partial charge in [-0.3, -0.25) is 0 Å². The number of halogens is 2. The van der Waals surface area contributed by atoms with Crippen molar-refractivity contribution in [3.05, 3.63) is 12.7 Å². The molecule has 0 saturated carbocycles. The number of hydrogen-bond donors (Lipinski definition) is 0. The van der Waals surface area contributed by atoms with Crippen LogP contribution in [0.5, 0.6) is 0 Å². The SMILES string of the molecule is C#CCBr.C=CCBr. The van der Waals surface area contributed by atoms with Crippen molar-refractivity contribution in [1.82, 2.24) is 0 Å². The van der Waals surface area contributed by atoms with Gasteiger partial charge in [0, 0.05) is 5.33 Å². The number of hydrogen-bond acceptors (Lipinski definition) is 0. The maximum atomic E-state index is 4.73. The minimum absolute atomic E-state index is 0.660. The van der Waals surface area contributed by atoms with Crippen molar-refractivity contribution in [3.8, 4) is 12.3 Å². The molecule has 8 heavy (non-hydrogen) atoms. The molecule has 0 heterocycles. The highest BCUT2D eigenvalue weighted by Gasteiger charge is 1.47. The highest BCUT2D eigenvalue weighted by Crippen LogP contribution is 1.73. The van der Waals surface area contributed by atoms with Gasteiger partial charge in [-0.2, -0.15) is 0 Å². The lowest BCUT2D eigenvalue weighted by atomic mass is 10.8. The van der Waals surface area contributed by atoms with E-state index >= 15 is 0 Å². The van der Waals surface area contributed by atoms with E-state index in [-0.39, 0.29) is 0 Å². The molecule has 0 amide bonds. The topological polar surface area (TPSA) is 0 Å². The zero-order valence-electron chi connectivity index (χ0n) is 4.53. The van der Waals surface area contributed by atoms with Crippen molar-refractivity contribution in [2.45, 2.75) is 0 Å². The Morgan fingerprint density at radius 3 is 1.88 bits per heavy atom. The first kappa shape index (κ1) is 11.1. The molecular weight excluding hydrogens is 232 g/mol. The molecule has 0 spiro atoms. The summed E-state index contributed by atoms with van der Waals surface area (Å²) in [4.78, 5) is 0. The summed E-state index contributed by atoms with van der Waals surface area (Å²) in [6.07, 6.45) is 6.52. The van der Waals surface area contributed by atoms with Gasteiger partial charge in [-0.15, -0.1) is 13.0 Å². The quantitative estimate of drug-likeness (QED) is 0.375. The second-order valence-electron chi connectivity index (χ2n) is 0.781. The van der Waals surface area contributed by atoms with E-state index in [2.05, 4.69) is 44.4 Å². The maximum absolute atomic E-state index is 4.73. The van der Waals surface area contributed by atoms with Crippen LogP contribution in [0.1, 0.15) is 0 Å². The molecule has 0 radical (unpaired) electrons. The van der Waals surface area contributed by atoms with Crippen LogP contribution in [0, 0.1) is 12.3 Å². The van der Waals surface area contributed by atoms with Crippen molar-refractivity contribution < 1.29 is 0 Å². The second kappa shape index (κ2) is 15.7. The van der Waals surface area contributed by atoms with E-state index in [0.29, 0.717) is 5.33 Å². The monoisotopic (exact) mass is 238 g/mol. The predicted octanol–water partition coefficient (Wildman–Crippen LogP) is 2.58. The molecule has 0 aromatic rings. The van der Waals surface area contributed by atoms with Crippen molar-refractivity contribution in [2.24, 2.45) is 0 Å². The zero-order chi connectivity index (χ0) is 6.83. The Kier molecular flexibility index (Phi) is 21.8. The molecule has 0 saturated heterocycles. The van der Waals surface area contributed by atoms with Gasteiger partial charge < -0.3 is 0 Å². The molecule has 0 atom stereocenters. The van der Waals surface area contributed by atoms with E-state index in [1.807, 2.05) is 0 Å². The van der Waals surface area contributed by atoms with Gasteiger partial charge in [0.2, 0.25) is 0 Å². The van der Waals surface area contributed by atoms with Crippen LogP contribution in [0.15, 0.2) is 12.7 Å². The average molecular weight is 240 g/mol. The average Bonchev–Trinajstić information content (AvgIpc) is 1.88. The van der Waals surface area contributed by atoms with Crippen LogP contribution in [0.2, 0.25) is 0 Å². The van der Waals surface area contributed by atoms with Gasteiger partial charge in [0.1, 0.15) is 0 Å². The highest BCUT2D eigenvalue weighted by molar-refractivity contribution is 9.09. The fraction of sp³-hybridized carbons (Fsp3) is 0.333. The first-order valence-corrected chi connectivity index (χ1v) is 4.24. The lowest BCUT2D eigenvalue weighted by Crippen LogP contribution is -1.45. The molecule has 0 aromatic carbocycles. The summed E-state index contributed by atoms with van der Waals surface area (Å²) in [5.74, 6) is 2.35. The predicted molar refractivity (Wildman–Crippen MR) is 46.6 cm³/mol. The fourth-order valence-electron chi connectivity index (χ4n) is 0. The van der Waals surface area contributed by atoms with Crippen LogP contribution in [0.25, 0.3) is 0 Å². The molecule has 0 aliphatic heterocycles. The van der Waals surface area contributed by atoms with E-state index in [4.69, 9.17) is 6.42 Å². The highest BCUT2D eigenvalue weighted by atomic mass is 79.9. The van der Waals surface area contributed by atoms with E-state index in [1.54, 1.807) is 6.08 Å². The maximum Gasteiger partial charge on any atom is 0.0642 e. The molecule has 0 aliphatic rings. The lowest BCUT2D eigenvalue weighted by molar-refractivity contribution is 1.87. The molecule has 0 aromatic heterocycles. The Labute approximate surface area is 67.6 Å². The third-order valence-corrected chi connectivity index (χ3v) is 0.968. The summed E-state index contributed by atoms with van der Waals surface area (Å²) in [5.41, 5.74) is 0. The fourth-order valence-corrected chi connectivity index (χ4v) is 0. The summed E-state index contributed by atoms with van der Waals surface area (Å²) in [7, 11) is 0. The van der Waals surface area contributed by atoms with Crippen LogP contribution in [-0.4, -0.2) is 10.7 Å². The summed E-state index contributed by atoms with van der Waals surface area (Å²) >= 11 is 6.14. The van der Waals surface area contributed by atoms with E-state index in [0.717, 1.165) is 5.33 Å². The normalized spacial score (nSPS) is 5.62. The molecule has 0 bridgehead atoms. The van der Waals surface area contributed by atoms with Crippen LogP contribution >= 0.6 is 31.9 Å². The molecular formula is C6H8Br2. The molecule has 0 aliphatic carbocycles. The van der Waals surface area contributed by atoms with E-state index in [1.165, 1.54) is 0 Å². The molecule has 0 fully saturated rings. The van der Waals surface area contributed by atoms with Gasteiger partial charge >= 0.3 is 0 Å². The first-order chi connectivity index (χ1) is 3.83. The number of rotatable bonds is 1. The van der Waals surface area contributed by atoms with Crippen molar-refractivity contribution in [2.75, 3.05) is 10.7 Å². The van der Waals surface area contributed by atoms with E-state index in [9.17, 15) is 0 Å². The van der Waals surface area contributed by atoms with Crippen molar-refractivity contribution in [3.63, 3.8) is 0 Å². The molecule has 0 nitrogen and oxygen atoms in total. The Morgan fingerprint density at radius 2 is 1.88 bits per heavy atom. The minimum atomic E-state index is 0.660. The Bertz CT molecular complexity index is 71.1. The standard InChI is InChI=1S/C3H5Br.C3H3Br/c2*1-2-3-4/h2H,1,3H2;1H,3H2. The molecule has 0 unspecified atom stereocenters. The van der Waals surface area contributed by atoms with Gasteiger partial charge in [-0.05, 0) is 0 Å². The Balaban J connectivity index is 0. The van der Waals surface area contributed by atoms with Crippen LogP contribution in [0.4, 0.5) is 0 Å². The minimum Gasteiger partial charge on any atom is -0.119 e. The van der Waals surface area contributed by atoms with Crippen molar-refractivity contribution >= 4 is 31.9 Å². The molecule has 46 valence electrons. The Hall–Kier alpha value is 0.260. The largest absolute Gasteiger partial charge is 0.119 e. The molecule has 0 N–H and O–H groups in total. The number of alkyl halides is 2. The van der Waals surface area contributed by atoms with Gasteiger partial charge in [0.15, 0.2) is 0 Å².